The van der Waals surface area contributed by atoms with Crippen LogP contribution in [0.15, 0.2) is 34.7 Å². The van der Waals surface area contributed by atoms with E-state index in [1.54, 1.807) is 11.1 Å². The van der Waals surface area contributed by atoms with Crippen molar-refractivity contribution in [2.24, 2.45) is 29.2 Å². The largest absolute Gasteiger partial charge is 0.386 e. The highest BCUT2D eigenvalue weighted by atomic mass is 15.0. The molecule has 0 heterocycles. The number of nitrogens with one attached hydrogen (secondary N) is 1. The summed E-state index contributed by atoms with van der Waals surface area (Å²) in [5, 5.41) is 3.33. The summed E-state index contributed by atoms with van der Waals surface area (Å²) in [5.41, 5.74) is 17.4. The van der Waals surface area contributed by atoms with E-state index in [1.165, 1.54) is 63.4 Å². The van der Waals surface area contributed by atoms with E-state index in [-0.39, 0.29) is 6.04 Å². The molecule has 0 aromatic heterocycles. The number of allylic oxidation sites excluding steroid dienone is 4. The maximum Gasteiger partial charge on any atom is 0.0967 e. The second-order valence-electron chi connectivity index (χ2n) is 9.43. The zero-order valence-electron chi connectivity index (χ0n) is 18.3. The zero-order chi connectivity index (χ0) is 19.9. The van der Waals surface area contributed by atoms with Gasteiger partial charge in [-0.2, -0.15) is 0 Å². The summed E-state index contributed by atoms with van der Waals surface area (Å²) >= 11 is 0. The molecule has 3 nitrogen and oxygen atoms in total. The summed E-state index contributed by atoms with van der Waals surface area (Å²) in [5.74, 6) is 3.35. The van der Waals surface area contributed by atoms with Gasteiger partial charge in [0.25, 0.3) is 0 Å². The number of hydrogen-bond acceptors (Lipinski definition) is 3. The molecule has 0 spiro atoms. The third kappa shape index (κ3) is 5.43. The van der Waals surface area contributed by atoms with E-state index in [0.29, 0.717) is 5.92 Å². The molecule has 3 aliphatic carbocycles. The minimum absolute atomic E-state index is 0.114. The Morgan fingerprint density at radius 1 is 0.929 bits per heavy atom. The van der Waals surface area contributed by atoms with E-state index < -0.39 is 0 Å². The average Bonchev–Trinajstić information content (AvgIpc) is 2.73. The predicted molar refractivity (Wildman–Crippen MR) is 121 cm³/mol. The van der Waals surface area contributed by atoms with Crippen molar-refractivity contribution < 1.29 is 0 Å². The Balaban J connectivity index is 1.54. The second kappa shape index (κ2) is 10.5. The van der Waals surface area contributed by atoms with Crippen molar-refractivity contribution in [2.75, 3.05) is 6.54 Å². The molecule has 0 saturated heterocycles. The molecular formula is C25H43N3. The Hall–Kier alpha value is -1.22. The number of rotatable bonds is 7. The Morgan fingerprint density at radius 2 is 1.61 bits per heavy atom. The van der Waals surface area contributed by atoms with Crippen LogP contribution in [-0.2, 0) is 0 Å². The third-order valence-electron chi connectivity index (χ3n) is 7.47. The van der Waals surface area contributed by atoms with Crippen LogP contribution >= 0.6 is 0 Å². The maximum absolute atomic E-state index is 6.51. The average molecular weight is 386 g/mol. The Bertz CT molecular complexity index is 593. The van der Waals surface area contributed by atoms with E-state index >= 15 is 0 Å². The van der Waals surface area contributed by atoms with Crippen LogP contribution in [0.4, 0.5) is 0 Å². The summed E-state index contributed by atoms with van der Waals surface area (Å²) < 4.78 is 0. The highest BCUT2D eigenvalue weighted by Crippen LogP contribution is 2.41. The quantitative estimate of drug-likeness (QED) is 0.539. The summed E-state index contributed by atoms with van der Waals surface area (Å²) in [6.45, 7) is 5.43. The van der Waals surface area contributed by atoms with Gasteiger partial charge in [-0.1, -0.05) is 50.0 Å². The molecule has 0 bridgehead atoms. The second-order valence-corrected chi connectivity index (χ2v) is 9.43. The minimum Gasteiger partial charge on any atom is -0.386 e. The molecule has 28 heavy (non-hydrogen) atoms. The van der Waals surface area contributed by atoms with Crippen LogP contribution in [0.1, 0.15) is 90.9 Å². The molecule has 2 unspecified atom stereocenters. The summed E-state index contributed by atoms with van der Waals surface area (Å²) in [4.78, 5) is 0. The number of nitrogens with two attached hydrogens (primary N) is 2. The molecule has 2 saturated carbocycles. The van der Waals surface area contributed by atoms with Crippen LogP contribution in [-0.4, -0.2) is 12.6 Å². The van der Waals surface area contributed by atoms with Gasteiger partial charge in [0.1, 0.15) is 0 Å². The first-order valence-electron chi connectivity index (χ1n) is 12.0. The van der Waals surface area contributed by atoms with Crippen molar-refractivity contribution in [1.29, 1.82) is 0 Å². The molecule has 3 rings (SSSR count). The summed E-state index contributed by atoms with van der Waals surface area (Å²) in [6.07, 6.45) is 20.4. The van der Waals surface area contributed by atoms with Gasteiger partial charge in [0, 0.05) is 12.6 Å². The van der Waals surface area contributed by atoms with E-state index in [9.17, 15) is 0 Å². The smallest absolute Gasteiger partial charge is 0.0967 e. The molecule has 3 heteroatoms. The van der Waals surface area contributed by atoms with Crippen molar-refractivity contribution in [3.05, 3.63) is 34.7 Å². The van der Waals surface area contributed by atoms with Gasteiger partial charge in [0.05, 0.1) is 5.82 Å². The topological polar surface area (TPSA) is 64.1 Å². The summed E-state index contributed by atoms with van der Waals surface area (Å²) in [7, 11) is 0. The molecule has 2 fully saturated rings. The van der Waals surface area contributed by atoms with E-state index in [1.807, 2.05) is 0 Å². The fourth-order valence-corrected chi connectivity index (χ4v) is 5.71. The minimum atomic E-state index is 0.114. The van der Waals surface area contributed by atoms with Crippen molar-refractivity contribution in [3.63, 3.8) is 0 Å². The highest BCUT2D eigenvalue weighted by Gasteiger charge is 2.29. The normalized spacial score (nSPS) is 33.1. The van der Waals surface area contributed by atoms with Gasteiger partial charge in [-0.25, -0.2) is 0 Å². The van der Waals surface area contributed by atoms with Crippen LogP contribution in [0.5, 0.6) is 0 Å². The Morgan fingerprint density at radius 3 is 2.18 bits per heavy atom. The predicted octanol–water partition coefficient (Wildman–Crippen LogP) is 5.54. The first-order valence-corrected chi connectivity index (χ1v) is 12.0. The molecule has 158 valence electrons. The van der Waals surface area contributed by atoms with Crippen molar-refractivity contribution in [1.82, 2.24) is 5.32 Å². The number of hydrogen-bond donors (Lipinski definition) is 3. The molecule has 0 aromatic rings. The highest BCUT2D eigenvalue weighted by molar-refractivity contribution is 5.29. The lowest BCUT2D eigenvalue weighted by molar-refractivity contribution is 0.282. The van der Waals surface area contributed by atoms with Gasteiger partial charge in [-0.05, 0) is 87.5 Å². The Kier molecular flexibility index (Phi) is 8.08. The van der Waals surface area contributed by atoms with Crippen LogP contribution in [0.25, 0.3) is 0 Å². The van der Waals surface area contributed by atoms with Crippen LogP contribution in [0, 0.1) is 17.8 Å². The molecule has 0 aromatic carbocycles. The standard InChI is InChI=1S/C25H43N3/c1-3-5-18-6-8-19(9-7-18)20-10-12-21(13-11-20)22-14-15-23(24(26)17-22)25(27)28-16-4-2/h10,12,18-19,22,24,28H,3-9,11,13-17,26-27H2,1-2H3/b25-23+. The van der Waals surface area contributed by atoms with Gasteiger partial charge in [-0.15, -0.1) is 0 Å². The van der Waals surface area contributed by atoms with Gasteiger partial charge < -0.3 is 16.8 Å². The fraction of sp³-hybridized carbons (Fsp3) is 0.760. The van der Waals surface area contributed by atoms with Crippen LogP contribution in [0.3, 0.4) is 0 Å². The third-order valence-corrected chi connectivity index (χ3v) is 7.47. The van der Waals surface area contributed by atoms with E-state index in [0.717, 1.165) is 43.5 Å². The first-order chi connectivity index (χ1) is 13.6. The first kappa shape index (κ1) is 21.5. The summed E-state index contributed by atoms with van der Waals surface area (Å²) in [6, 6.07) is 0.114. The lowest BCUT2D eigenvalue weighted by atomic mass is 9.72. The van der Waals surface area contributed by atoms with Crippen LogP contribution in [0.2, 0.25) is 0 Å². The molecule has 0 radical (unpaired) electrons. The lowest BCUT2D eigenvalue weighted by Gasteiger charge is -2.35. The van der Waals surface area contributed by atoms with Crippen molar-refractivity contribution in [3.8, 4) is 0 Å². The molecule has 0 aliphatic heterocycles. The fourth-order valence-electron chi connectivity index (χ4n) is 5.71. The van der Waals surface area contributed by atoms with Crippen molar-refractivity contribution in [2.45, 2.75) is 96.9 Å². The van der Waals surface area contributed by atoms with Gasteiger partial charge in [-0.3, -0.25) is 0 Å². The zero-order valence-corrected chi connectivity index (χ0v) is 18.3. The SMILES string of the molecule is CCCN/C(N)=C1\CCC(C2=CC=C(C3CCC(CCC)CC3)CC2)CC1N. The Labute approximate surface area is 173 Å². The molecule has 3 aliphatic rings. The molecule has 0 amide bonds. The van der Waals surface area contributed by atoms with E-state index in [4.69, 9.17) is 11.5 Å². The van der Waals surface area contributed by atoms with Crippen molar-refractivity contribution >= 4 is 0 Å². The van der Waals surface area contributed by atoms with E-state index in [2.05, 4.69) is 31.3 Å². The van der Waals surface area contributed by atoms with Crippen LogP contribution < -0.4 is 16.8 Å². The molecule has 2 atom stereocenters. The molecule has 5 N–H and O–H groups in total. The van der Waals surface area contributed by atoms with Gasteiger partial charge in [0.15, 0.2) is 0 Å². The lowest BCUT2D eigenvalue weighted by Crippen LogP contribution is -2.36. The molecular weight excluding hydrogens is 342 g/mol. The van der Waals surface area contributed by atoms with Gasteiger partial charge >= 0.3 is 0 Å². The monoisotopic (exact) mass is 385 g/mol. The van der Waals surface area contributed by atoms with Gasteiger partial charge in [0.2, 0.25) is 0 Å². The maximum atomic E-state index is 6.51.